The van der Waals surface area contributed by atoms with E-state index in [0.29, 0.717) is 31.6 Å². The third-order valence-corrected chi connectivity index (χ3v) is 16.2. The van der Waals surface area contributed by atoms with E-state index >= 15 is 0 Å². The Morgan fingerprint density at radius 1 is 0.945 bits per heavy atom. The van der Waals surface area contributed by atoms with E-state index in [4.69, 9.17) is 33.2 Å². The predicted molar refractivity (Wildman–Crippen MR) is 272 cm³/mol. The highest BCUT2D eigenvalue weighted by Gasteiger charge is 2.53. The number of esters is 1. The van der Waals surface area contributed by atoms with Crippen LogP contribution in [0.15, 0.2) is 30.5 Å². The number of rotatable bonds is 16. The van der Waals surface area contributed by atoms with Crippen LogP contribution in [0.5, 0.6) is 0 Å². The molecule has 3 aliphatic rings. The lowest BCUT2D eigenvalue weighted by molar-refractivity contribution is -0.318. The first-order valence-electron chi connectivity index (χ1n) is 26.2. The summed E-state index contributed by atoms with van der Waals surface area (Å²) >= 11 is 0. The molecule has 3 saturated heterocycles. The maximum atomic E-state index is 14.8. The monoisotopic (exact) mass is 1040 g/mol. The molecular weight excluding hydrogens is 948 g/mol. The van der Waals surface area contributed by atoms with Crippen molar-refractivity contribution in [2.75, 3.05) is 67.1 Å². The summed E-state index contributed by atoms with van der Waals surface area (Å²) in [5.41, 5.74) is -2.15. The van der Waals surface area contributed by atoms with Crippen molar-refractivity contribution in [3.8, 4) is 0 Å². The number of hydrogen-bond acceptors (Lipinski definition) is 18. The number of alkyl halides is 1. The molecule has 3 aliphatic heterocycles. The topological polar surface area (TPSA) is 223 Å². The summed E-state index contributed by atoms with van der Waals surface area (Å²) in [4.78, 5) is 20.4. The van der Waals surface area contributed by atoms with Crippen molar-refractivity contribution in [2.24, 2.45) is 17.8 Å². The highest BCUT2D eigenvalue weighted by Crippen LogP contribution is 2.41. The largest absolute Gasteiger partial charge is 0.459 e. The zero-order valence-corrected chi connectivity index (χ0v) is 46.4. The average molecular weight is 1040 g/mol. The number of halogens is 1. The van der Waals surface area contributed by atoms with Gasteiger partial charge in [0.1, 0.15) is 48.8 Å². The standard InChI is InChI=1S/C53H91FN6O13/c1-17-41-53(10,66)46(62)34(6)59(14)28-30(2)25-51(8,65)48(32(4)44(33(5)49(64)71-41)72-42-26-52(9,68-16)47(63)35(7)70-42)73-50-43(61)39(24-31(3)69-50)58(13)23-22-37-29-60(56-55-37)40(27-54)45(67-15)36-18-20-38(21-19-36)57(11)12/h18-21,29-35,39-48,50,61-63,65-66H,17,22-28H2,1-16H3/t30-,31-,32+,33?,34-,35+,39+,40-,41-,42+,43-,44+,45-,46-,47+,48-,50+,51-,52-,53-/m1/s1. The van der Waals surface area contributed by atoms with Gasteiger partial charge in [0.25, 0.3) is 0 Å². The summed E-state index contributed by atoms with van der Waals surface area (Å²) in [6, 6.07) is 5.92. The van der Waals surface area contributed by atoms with Gasteiger partial charge in [0.2, 0.25) is 0 Å². The van der Waals surface area contributed by atoms with Crippen LogP contribution < -0.4 is 4.90 Å². The van der Waals surface area contributed by atoms with Crippen LogP contribution in [0, 0.1) is 17.8 Å². The second-order valence-corrected chi connectivity index (χ2v) is 22.5. The van der Waals surface area contributed by atoms with Crippen molar-refractivity contribution in [2.45, 2.75) is 204 Å². The van der Waals surface area contributed by atoms with Crippen LogP contribution in [0.1, 0.15) is 118 Å². The number of likely N-dealkylation sites (N-methyl/N-ethyl adjacent to an activating group) is 2. The number of ether oxygens (including phenoxy) is 7. The normalized spacial score (nSPS) is 39.6. The Bertz CT molecular complexity index is 2020. The van der Waals surface area contributed by atoms with E-state index in [-0.39, 0.29) is 25.2 Å². The van der Waals surface area contributed by atoms with Crippen LogP contribution in [0.25, 0.3) is 0 Å². The summed E-state index contributed by atoms with van der Waals surface area (Å²) in [6.45, 7) is 17.6. The van der Waals surface area contributed by atoms with Gasteiger partial charge in [-0.25, -0.2) is 9.07 Å². The van der Waals surface area contributed by atoms with Gasteiger partial charge in [0.15, 0.2) is 12.6 Å². The minimum Gasteiger partial charge on any atom is -0.459 e. The first-order chi connectivity index (χ1) is 34.1. The highest BCUT2D eigenvalue weighted by atomic mass is 19.1. The van der Waals surface area contributed by atoms with Gasteiger partial charge in [-0.1, -0.05) is 38.1 Å². The van der Waals surface area contributed by atoms with Crippen LogP contribution in [0.4, 0.5) is 10.1 Å². The summed E-state index contributed by atoms with van der Waals surface area (Å²) in [6.07, 6.45) is -7.87. The Labute approximate surface area is 433 Å². The molecule has 1 aromatic carbocycles. The molecule has 0 aliphatic carbocycles. The van der Waals surface area contributed by atoms with Crippen molar-refractivity contribution in [1.29, 1.82) is 0 Å². The smallest absolute Gasteiger partial charge is 0.311 e. The van der Waals surface area contributed by atoms with Gasteiger partial charge in [-0.2, -0.15) is 0 Å². The molecule has 418 valence electrons. The van der Waals surface area contributed by atoms with E-state index in [1.807, 2.05) is 81.0 Å². The van der Waals surface area contributed by atoms with Crippen LogP contribution >= 0.6 is 0 Å². The lowest BCUT2D eigenvalue weighted by Gasteiger charge is -2.49. The number of aromatic nitrogens is 3. The highest BCUT2D eigenvalue weighted by molar-refractivity contribution is 5.73. The van der Waals surface area contributed by atoms with Gasteiger partial charge in [-0.3, -0.25) is 4.79 Å². The first-order valence-corrected chi connectivity index (χ1v) is 26.2. The fourth-order valence-corrected chi connectivity index (χ4v) is 11.5. The quantitative estimate of drug-likeness (QED) is 0.150. The maximum Gasteiger partial charge on any atom is 0.311 e. The molecule has 5 rings (SSSR count). The van der Waals surface area contributed by atoms with Crippen molar-refractivity contribution in [1.82, 2.24) is 24.8 Å². The maximum absolute atomic E-state index is 14.8. The van der Waals surface area contributed by atoms with Crippen molar-refractivity contribution >= 4 is 11.7 Å². The van der Waals surface area contributed by atoms with E-state index in [1.165, 1.54) is 18.7 Å². The molecule has 0 radical (unpaired) electrons. The summed E-state index contributed by atoms with van der Waals surface area (Å²) < 4.78 is 60.4. The van der Waals surface area contributed by atoms with E-state index in [9.17, 15) is 34.7 Å². The Kier molecular flexibility index (Phi) is 21.2. The number of anilines is 1. The summed E-state index contributed by atoms with van der Waals surface area (Å²) in [5.74, 6) is -2.86. The number of carbonyl (C=O) groups excluding carboxylic acids is 1. The Balaban J connectivity index is 1.44. The molecule has 73 heavy (non-hydrogen) atoms. The van der Waals surface area contributed by atoms with Gasteiger partial charge < -0.3 is 73.4 Å². The van der Waals surface area contributed by atoms with Crippen LogP contribution in [0.3, 0.4) is 0 Å². The molecule has 0 saturated carbocycles. The lowest BCUT2D eigenvalue weighted by atomic mass is 9.77. The SMILES string of the molecule is CC[C@H]1OC(=O)C(C)[C@@H](O[C@H]2C[C@@](C)(OC)[C@@H](O)[C@H](C)O2)[C@H](C)[C@@H](O[C@@H]2O[C@H](C)C[C@H](N(C)CCc3cn([C@H](CF)[C@H](OC)c4ccc(N(C)C)cc4)nn3)[C@H]2O)[C@](C)(O)C[C@@H](C)CN(C)[C@H](C)[C@@H](O)[C@]1(C)O. The number of benzene rings is 1. The fraction of sp³-hybridized carbons (Fsp3) is 0.830. The Morgan fingerprint density at radius 3 is 2.19 bits per heavy atom. The minimum atomic E-state index is -1.85. The third kappa shape index (κ3) is 14.2. The molecule has 4 heterocycles. The lowest BCUT2D eigenvalue weighted by Crippen LogP contribution is -2.61. The average Bonchev–Trinajstić information content (AvgIpc) is 3.81. The van der Waals surface area contributed by atoms with Gasteiger partial charge in [0, 0.05) is 84.1 Å². The molecule has 0 spiro atoms. The second kappa shape index (κ2) is 25.5. The van der Waals surface area contributed by atoms with Gasteiger partial charge in [-0.05, 0) is 105 Å². The van der Waals surface area contributed by atoms with Gasteiger partial charge in [0.05, 0.1) is 47.2 Å². The molecule has 20 heteroatoms. The second-order valence-electron chi connectivity index (χ2n) is 22.5. The molecule has 5 N–H and O–H groups in total. The Morgan fingerprint density at radius 2 is 1.60 bits per heavy atom. The molecule has 0 bridgehead atoms. The van der Waals surface area contributed by atoms with Crippen molar-refractivity contribution in [3.63, 3.8) is 0 Å². The van der Waals surface area contributed by atoms with E-state index in [1.54, 1.807) is 61.8 Å². The van der Waals surface area contributed by atoms with E-state index in [2.05, 4.69) is 10.3 Å². The molecule has 20 atom stereocenters. The van der Waals surface area contributed by atoms with Crippen LogP contribution in [-0.2, 0) is 44.4 Å². The zero-order valence-electron chi connectivity index (χ0n) is 46.4. The van der Waals surface area contributed by atoms with Crippen LogP contribution in [0.2, 0.25) is 0 Å². The van der Waals surface area contributed by atoms with Crippen molar-refractivity contribution < 1.29 is 67.9 Å². The van der Waals surface area contributed by atoms with Gasteiger partial charge >= 0.3 is 5.97 Å². The summed E-state index contributed by atoms with van der Waals surface area (Å²) in [7, 11) is 10.7. The summed E-state index contributed by atoms with van der Waals surface area (Å²) in [5, 5.41) is 68.5. The molecule has 1 aromatic heterocycles. The van der Waals surface area contributed by atoms with Crippen LogP contribution in [-0.4, -0.2) is 209 Å². The van der Waals surface area contributed by atoms with Crippen molar-refractivity contribution in [3.05, 3.63) is 41.7 Å². The minimum absolute atomic E-state index is 0.0870. The fourth-order valence-electron chi connectivity index (χ4n) is 11.5. The van der Waals surface area contributed by atoms with Gasteiger partial charge in [-0.15, -0.1) is 5.10 Å². The molecule has 0 amide bonds. The number of aliphatic hydroxyl groups excluding tert-OH is 3. The first kappa shape index (κ1) is 60.9. The number of aliphatic hydroxyl groups is 5. The number of cyclic esters (lactones) is 1. The number of methoxy groups -OCH3 is 2. The number of nitrogens with zero attached hydrogens (tertiary/aromatic N) is 6. The predicted octanol–water partition coefficient (Wildman–Crippen LogP) is 4.07. The molecule has 3 fully saturated rings. The van der Waals surface area contributed by atoms with E-state index < -0.39 is 127 Å². The molecule has 19 nitrogen and oxygen atoms in total. The molecule has 1 unspecified atom stereocenters. The molecule has 2 aromatic rings. The Hall–Kier alpha value is -2.96. The zero-order chi connectivity index (χ0) is 54.5. The number of carbonyl (C=O) groups is 1. The van der Waals surface area contributed by atoms with E-state index in [0.717, 1.165) is 11.3 Å². The number of hydrogen-bond donors (Lipinski definition) is 5. The molecular formula is C53H91FN6O13. The third-order valence-electron chi connectivity index (χ3n) is 16.2.